The van der Waals surface area contributed by atoms with Crippen LogP contribution in [0.3, 0.4) is 0 Å². The molecule has 34 heavy (non-hydrogen) atoms. The molecule has 2 aromatic carbocycles. The van der Waals surface area contributed by atoms with Crippen molar-refractivity contribution >= 4 is 29.1 Å². The van der Waals surface area contributed by atoms with Crippen LogP contribution < -0.4 is 15.1 Å². The lowest BCUT2D eigenvalue weighted by atomic mass is 10.0. The summed E-state index contributed by atoms with van der Waals surface area (Å²) in [7, 11) is 0. The van der Waals surface area contributed by atoms with Gasteiger partial charge in [-0.25, -0.2) is 10.0 Å². The Balaban J connectivity index is 1.38. The second kappa shape index (κ2) is 12.0. The van der Waals surface area contributed by atoms with Crippen LogP contribution in [0.1, 0.15) is 38.3 Å². The molecular weight excluding hydrogens is 450 g/mol. The van der Waals surface area contributed by atoms with Crippen LogP contribution in [0.5, 0.6) is 5.75 Å². The van der Waals surface area contributed by atoms with Crippen LogP contribution in [-0.2, 0) is 4.84 Å². The Morgan fingerprint density at radius 1 is 1.12 bits per heavy atom. The zero-order valence-corrected chi connectivity index (χ0v) is 20.5. The highest BCUT2D eigenvalue weighted by Gasteiger charge is 2.30. The highest BCUT2D eigenvalue weighted by molar-refractivity contribution is 6.32. The molecule has 0 spiro atoms. The number of hydroxylamine groups is 1. The number of aromatic nitrogens is 2. The average molecular weight is 482 g/mol. The Morgan fingerprint density at radius 2 is 1.88 bits per heavy atom. The van der Waals surface area contributed by atoms with E-state index in [0.717, 1.165) is 49.5 Å². The first-order valence-electron chi connectivity index (χ1n) is 11.9. The van der Waals surface area contributed by atoms with E-state index in [4.69, 9.17) is 21.2 Å². The number of nitrogens with zero attached hydrogens (tertiary/aromatic N) is 4. The molecule has 0 unspecified atom stereocenters. The highest BCUT2D eigenvalue weighted by Crippen LogP contribution is 2.37. The molecular formula is C26H32ClN5O2. The maximum atomic E-state index is 6.46. The number of hydrogen-bond acceptors (Lipinski definition) is 7. The highest BCUT2D eigenvalue weighted by atomic mass is 35.5. The maximum Gasteiger partial charge on any atom is 0.229 e. The van der Waals surface area contributed by atoms with Crippen LogP contribution in [0.4, 0.5) is 17.5 Å². The van der Waals surface area contributed by atoms with Crippen LogP contribution in [0.25, 0.3) is 0 Å². The zero-order valence-electron chi connectivity index (χ0n) is 19.8. The minimum Gasteiger partial charge on any atom is -0.494 e. The second-order valence-corrected chi connectivity index (χ2v) is 8.52. The molecule has 8 heteroatoms. The third-order valence-corrected chi connectivity index (χ3v) is 6.18. The lowest BCUT2D eigenvalue weighted by molar-refractivity contribution is 0.157. The molecule has 180 valence electrons. The largest absolute Gasteiger partial charge is 0.494 e. The van der Waals surface area contributed by atoms with Crippen LogP contribution in [0.2, 0.25) is 5.02 Å². The zero-order chi connectivity index (χ0) is 23.8. The van der Waals surface area contributed by atoms with Crippen molar-refractivity contribution in [3.05, 3.63) is 71.4 Å². The van der Waals surface area contributed by atoms with Gasteiger partial charge in [0.05, 0.1) is 25.5 Å². The van der Waals surface area contributed by atoms with Crippen LogP contribution in [0, 0.1) is 0 Å². The minimum absolute atomic E-state index is 0.0552. The van der Waals surface area contributed by atoms with Gasteiger partial charge in [0.2, 0.25) is 5.95 Å². The van der Waals surface area contributed by atoms with E-state index in [-0.39, 0.29) is 6.04 Å². The van der Waals surface area contributed by atoms with E-state index >= 15 is 0 Å². The first-order valence-corrected chi connectivity index (χ1v) is 12.3. The Labute approximate surface area is 206 Å². The van der Waals surface area contributed by atoms with Crippen molar-refractivity contribution in [2.45, 2.75) is 32.7 Å². The smallest absolute Gasteiger partial charge is 0.229 e. The van der Waals surface area contributed by atoms with Gasteiger partial charge in [-0.3, -0.25) is 4.84 Å². The summed E-state index contributed by atoms with van der Waals surface area (Å²) in [4.78, 5) is 17.3. The molecule has 1 N–H and O–H groups in total. The first kappa shape index (κ1) is 24.3. The molecule has 7 nitrogen and oxygen atoms in total. The molecule has 0 amide bonds. The number of ether oxygens (including phenoxy) is 1. The molecule has 1 fully saturated rings. The molecule has 1 aromatic heterocycles. The van der Waals surface area contributed by atoms with Crippen molar-refractivity contribution in [2.75, 3.05) is 43.2 Å². The standard InChI is InChI=1S/C26H32ClN5O2/c1-3-31(4-2)16-8-17-33-22-13-11-21(12-14-22)29-26-28-19-23(27)25(30-26)32-24(15-18-34-32)20-9-6-5-7-10-20/h5-7,9-14,19,24H,3-4,8,15-18H2,1-2H3,(H,28,29,30)/t24-/m0/s1. The predicted molar refractivity (Wildman–Crippen MR) is 137 cm³/mol. The predicted octanol–water partition coefficient (Wildman–Crippen LogP) is 5.87. The fraction of sp³-hybridized carbons (Fsp3) is 0.385. The van der Waals surface area contributed by atoms with E-state index in [1.165, 1.54) is 0 Å². The van der Waals surface area contributed by atoms with Gasteiger partial charge < -0.3 is 15.0 Å². The third kappa shape index (κ3) is 6.17. The van der Waals surface area contributed by atoms with Crippen molar-refractivity contribution in [1.82, 2.24) is 14.9 Å². The number of benzene rings is 2. The number of rotatable bonds is 11. The average Bonchev–Trinajstić information content (AvgIpc) is 3.37. The summed E-state index contributed by atoms with van der Waals surface area (Å²) in [6, 6.07) is 18.1. The molecule has 1 aliphatic rings. The van der Waals surface area contributed by atoms with E-state index in [0.29, 0.717) is 30.0 Å². The molecule has 0 aliphatic carbocycles. The van der Waals surface area contributed by atoms with E-state index in [9.17, 15) is 0 Å². The van der Waals surface area contributed by atoms with E-state index in [2.05, 4.69) is 46.2 Å². The summed E-state index contributed by atoms with van der Waals surface area (Å²) in [5.41, 5.74) is 2.03. The SMILES string of the molecule is CCN(CC)CCCOc1ccc(Nc2ncc(Cl)c(N3OCC[C@H]3c3ccccc3)n2)cc1. The second-order valence-electron chi connectivity index (χ2n) is 8.12. The van der Waals surface area contributed by atoms with Crippen LogP contribution in [0.15, 0.2) is 60.8 Å². The van der Waals surface area contributed by atoms with E-state index in [1.807, 2.05) is 42.5 Å². The van der Waals surface area contributed by atoms with Gasteiger partial charge in [-0.2, -0.15) is 4.98 Å². The Kier molecular flexibility index (Phi) is 8.57. The molecule has 3 aromatic rings. The third-order valence-electron chi connectivity index (χ3n) is 5.92. The molecule has 0 saturated carbocycles. The fourth-order valence-electron chi connectivity index (χ4n) is 4.01. The summed E-state index contributed by atoms with van der Waals surface area (Å²) < 4.78 is 5.88. The normalized spacial score (nSPS) is 15.6. The minimum atomic E-state index is 0.0552. The van der Waals surface area contributed by atoms with Gasteiger partial charge in [-0.05, 0) is 49.3 Å². The number of nitrogens with one attached hydrogen (secondary N) is 1. The van der Waals surface area contributed by atoms with Crippen molar-refractivity contribution in [3.63, 3.8) is 0 Å². The number of anilines is 3. The quantitative estimate of drug-likeness (QED) is 0.344. The van der Waals surface area contributed by atoms with Gasteiger partial charge in [-0.1, -0.05) is 55.8 Å². The molecule has 4 rings (SSSR count). The van der Waals surface area contributed by atoms with Gasteiger partial charge in [-0.15, -0.1) is 0 Å². The Morgan fingerprint density at radius 3 is 2.62 bits per heavy atom. The van der Waals surface area contributed by atoms with Crippen molar-refractivity contribution < 1.29 is 9.57 Å². The van der Waals surface area contributed by atoms with Crippen LogP contribution in [-0.4, -0.2) is 47.7 Å². The van der Waals surface area contributed by atoms with Gasteiger partial charge >= 0.3 is 0 Å². The summed E-state index contributed by atoms with van der Waals surface area (Å²) in [6.45, 7) is 8.87. The van der Waals surface area contributed by atoms with Crippen molar-refractivity contribution in [3.8, 4) is 5.75 Å². The summed E-state index contributed by atoms with van der Waals surface area (Å²) in [5, 5.41) is 5.49. The lowest BCUT2D eigenvalue weighted by Crippen LogP contribution is -2.25. The molecule has 2 heterocycles. The first-order chi connectivity index (χ1) is 16.7. The summed E-state index contributed by atoms with van der Waals surface area (Å²) in [6.07, 6.45) is 3.47. The van der Waals surface area contributed by atoms with E-state index in [1.54, 1.807) is 11.3 Å². The fourth-order valence-corrected chi connectivity index (χ4v) is 4.18. The lowest BCUT2D eigenvalue weighted by Gasteiger charge is -2.24. The van der Waals surface area contributed by atoms with Gasteiger partial charge in [0.15, 0.2) is 5.82 Å². The van der Waals surface area contributed by atoms with Gasteiger partial charge in [0.1, 0.15) is 10.8 Å². The van der Waals surface area contributed by atoms with Crippen LogP contribution >= 0.6 is 11.6 Å². The number of hydrogen-bond donors (Lipinski definition) is 1. The summed E-state index contributed by atoms with van der Waals surface area (Å²) >= 11 is 6.46. The Hall–Kier alpha value is -2.87. The summed E-state index contributed by atoms with van der Waals surface area (Å²) in [5.74, 6) is 1.85. The van der Waals surface area contributed by atoms with Crippen molar-refractivity contribution in [1.29, 1.82) is 0 Å². The molecule has 1 aliphatic heterocycles. The Bertz CT molecular complexity index is 1030. The monoisotopic (exact) mass is 481 g/mol. The topological polar surface area (TPSA) is 62.8 Å². The van der Waals surface area contributed by atoms with E-state index < -0.39 is 0 Å². The molecule has 0 bridgehead atoms. The molecule has 1 saturated heterocycles. The van der Waals surface area contributed by atoms with Gasteiger partial charge in [0, 0.05) is 18.7 Å². The van der Waals surface area contributed by atoms with Gasteiger partial charge in [0.25, 0.3) is 0 Å². The molecule has 1 atom stereocenters. The maximum absolute atomic E-state index is 6.46. The molecule has 0 radical (unpaired) electrons. The van der Waals surface area contributed by atoms with Crippen molar-refractivity contribution in [2.24, 2.45) is 0 Å². The number of halogens is 1.